The third kappa shape index (κ3) is 6.61. The molecule has 0 atom stereocenters. The molecular formula is C62H40S6. The largest absolute Gasteiger partial charge is 0.140 e. The lowest BCUT2D eigenvalue weighted by molar-refractivity contribution is 0.658. The van der Waals surface area contributed by atoms with Gasteiger partial charge in [0.05, 0.1) is 10.8 Å². The number of rotatable bonds is 4. The summed E-state index contributed by atoms with van der Waals surface area (Å²) < 4.78 is 0. The van der Waals surface area contributed by atoms with Crippen LogP contribution in [0.2, 0.25) is 0 Å². The zero-order chi connectivity index (χ0) is 44.8. The Bertz CT molecular complexity index is 3430. The van der Waals surface area contributed by atoms with Gasteiger partial charge in [-0.2, -0.15) is 0 Å². The summed E-state index contributed by atoms with van der Waals surface area (Å²) in [5.41, 5.74) is 1.91. The smallest absolute Gasteiger partial charge is 0.0772 e. The van der Waals surface area contributed by atoms with Crippen molar-refractivity contribution in [1.82, 2.24) is 0 Å². The predicted molar refractivity (Wildman–Crippen MR) is 303 cm³/mol. The molecule has 0 N–H and O–H groups in total. The first kappa shape index (κ1) is 40.8. The minimum atomic E-state index is -0.443. The Morgan fingerprint density at radius 1 is 0.250 bits per heavy atom. The van der Waals surface area contributed by atoms with E-state index in [1.54, 1.807) is 0 Å². The lowest BCUT2D eigenvalue weighted by Gasteiger charge is -2.33. The Morgan fingerprint density at radius 3 is 0.706 bits per heavy atom. The Kier molecular flexibility index (Phi) is 9.73. The first-order valence-electron chi connectivity index (χ1n) is 23.0. The second kappa shape index (κ2) is 16.2. The van der Waals surface area contributed by atoms with Crippen LogP contribution < -0.4 is 0 Å². The summed E-state index contributed by atoms with van der Waals surface area (Å²) in [6, 6.07) is 69.5. The molecular weight excluding hydrogens is 937 g/mol. The Morgan fingerprint density at radius 2 is 0.471 bits per heavy atom. The monoisotopic (exact) mass is 976 g/mol. The van der Waals surface area contributed by atoms with Gasteiger partial charge in [0, 0.05) is 58.5 Å². The summed E-state index contributed by atoms with van der Waals surface area (Å²) in [5, 5.41) is 10.4. The van der Waals surface area contributed by atoms with Crippen LogP contribution >= 0.6 is 68.0 Å². The predicted octanol–water partition coefficient (Wildman–Crippen LogP) is 19.0. The molecule has 0 spiro atoms. The number of fused-ring (bicyclic) bond motifs is 4. The molecule has 0 radical (unpaired) electrons. The van der Waals surface area contributed by atoms with Crippen molar-refractivity contribution in [3.05, 3.63) is 252 Å². The average Bonchev–Trinajstić information content (AvgIpc) is 4.24. The van der Waals surface area contributed by atoms with Crippen LogP contribution in [0.4, 0.5) is 0 Å². The van der Waals surface area contributed by atoms with Crippen molar-refractivity contribution in [2.75, 3.05) is 0 Å². The van der Waals surface area contributed by atoms with Crippen molar-refractivity contribution in [3.63, 3.8) is 0 Å². The summed E-state index contributed by atoms with van der Waals surface area (Å²) in [4.78, 5) is 15.8. The molecule has 0 saturated heterocycles. The van der Waals surface area contributed by atoms with Crippen LogP contribution in [0.5, 0.6) is 0 Å². The number of hydrogen-bond acceptors (Lipinski definition) is 6. The van der Waals surface area contributed by atoms with Crippen molar-refractivity contribution in [3.8, 4) is 0 Å². The highest BCUT2D eigenvalue weighted by Crippen LogP contribution is 2.54. The van der Waals surface area contributed by atoms with Gasteiger partial charge < -0.3 is 0 Å². The molecule has 0 fully saturated rings. The minimum absolute atomic E-state index is 0.443. The van der Waals surface area contributed by atoms with Crippen molar-refractivity contribution < 1.29 is 0 Å². The lowest BCUT2D eigenvalue weighted by Crippen LogP contribution is -2.29. The second-order valence-electron chi connectivity index (χ2n) is 18.0. The highest BCUT2D eigenvalue weighted by molar-refractivity contribution is 7.18. The molecule has 0 nitrogen and oxygen atoms in total. The summed E-state index contributed by atoms with van der Waals surface area (Å²) in [7, 11) is 0. The van der Waals surface area contributed by atoms with Crippen LogP contribution in [-0.4, -0.2) is 0 Å². The molecule has 6 aromatic heterocycles. The maximum atomic E-state index is 2.43. The van der Waals surface area contributed by atoms with Gasteiger partial charge in [0.25, 0.3) is 0 Å². The van der Waals surface area contributed by atoms with Crippen LogP contribution in [0.3, 0.4) is 0 Å². The maximum Gasteiger partial charge on any atom is 0.0772 e. The van der Waals surface area contributed by atoms with Gasteiger partial charge in [0.15, 0.2) is 0 Å². The van der Waals surface area contributed by atoms with Gasteiger partial charge in [0.2, 0.25) is 0 Å². The molecule has 14 bridgehead atoms. The van der Waals surface area contributed by atoms with E-state index in [1.807, 2.05) is 68.0 Å². The van der Waals surface area contributed by atoms with Crippen LogP contribution in [0, 0.1) is 0 Å². The SMILES string of the molecule is C1=C/c2ccc(s2)C2(Cc3c4ccccc4cc4ccccc34)c3ccc(s3)/C=C/c3ccc(s3)C(Cc3c4ccccc4cc4ccccc34)(c3ccc/1s3)c1ccc(s1)/C=C/c1ccc2s1. The van der Waals surface area contributed by atoms with E-state index in [-0.39, 0.29) is 0 Å². The molecule has 0 amide bonds. The topological polar surface area (TPSA) is 0 Å². The van der Waals surface area contributed by atoms with Crippen molar-refractivity contribution >= 4 is 148 Å². The molecule has 324 valence electrons. The standard InChI is InChI=1S/C62H40S6/c1-5-13-49-39(9-1)35-40-10-2-6-14-50(40)53(49)37-61-55-29-23-43(63-55)17-20-46-26-32-58(66-46)62(59-33-27-47(67-59)21-18-44-24-30-56(61)64-44,60-34-28-48(68-60)22-19-45-25-31-57(61)65-45)38-54-51-15-7-3-11-41(51)36-42-12-4-8-16-52(42)54/h1-36H,37-38H2/b20-17+,21-18+,22-19+. The van der Waals surface area contributed by atoms with E-state index in [0.29, 0.717) is 0 Å². The first-order chi connectivity index (χ1) is 33.6. The summed E-state index contributed by atoms with van der Waals surface area (Å²) in [5.74, 6) is 0. The fourth-order valence-electron chi connectivity index (χ4n) is 10.9. The van der Waals surface area contributed by atoms with E-state index in [1.165, 1.54) is 113 Å². The van der Waals surface area contributed by atoms with Crippen molar-refractivity contribution in [2.45, 2.75) is 23.7 Å². The van der Waals surface area contributed by atoms with E-state index in [0.717, 1.165) is 12.8 Å². The van der Waals surface area contributed by atoms with Gasteiger partial charge in [-0.1, -0.05) is 97.1 Å². The molecule has 12 aromatic rings. The van der Waals surface area contributed by atoms with E-state index in [9.17, 15) is 0 Å². The van der Waals surface area contributed by atoms with Crippen LogP contribution in [0.15, 0.2) is 182 Å². The van der Waals surface area contributed by atoms with Crippen molar-refractivity contribution in [1.29, 1.82) is 0 Å². The molecule has 6 heteroatoms. The van der Waals surface area contributed by atoms with E-state index in [4.69, 9.17) is 0 Å². The first-order valence-corrected chi connectivity index (χ1v) is 27.9. The summed E-state index contributed by atoms with van der Waals surface area (Å²) in [6.45, 7) is 0. The van der Waals surface area contributed by atoms with Crippen molar-refractivity contribution in [2.24, 2.45) is 0 Å². The maximum absolute atomic E-state index is 2.43. The highest BCUT2D eigenvalue weighted by Gasteiger charge is 2.43. The molecule has 0 aliphatic carbocycles. The molecule has 3 aliphatic heterocycles. The highest BCUT2D eigenvalue weighted by atomic mass is 32.1. The number of thiophene rings is 6. The molecule has 9 heterocycles. The van der Waals surface area contributed by atoms with Gasteiger partial charge in [-0.25, -0.2) is 0 Å². The third-order valence-electron chi connectivity index (χ3n) is 14.2. The molecule has 6 aromatic carbocycles. The fourth-order valence-corrected chi connectivity index (χ4v) is 18.1. The van der Waals surface area contributed by atoms with Crippen LogP contribution in [0.1, 0.15) is 69.7 Å². The second-order valence-corrected chi connectivity index (χ2v) is 24.7. The van der Waals surface area contributed by atoms with Crippen LogP contribution in [-0.2, 0) is 23.7 Å². The molecule has 0 unspecified atom stereocenters. The van der Waals surface area contributed by atoms with Gasteiger partial charge in [-0.15, -0.1) is 68.0 Å². The van der Waals surface area contributed by atoms with Gasteiger partial charge in [-0.3, -0.25) is 0 Å². The molecule has 0 saturated carbocycles. The van der Waals surface area contributed by atoms with Crippen LogP contribution in [0.25, 0.3) is 79.5 Å². The normalized spacial score (nSPS) is 18.9. The van der Waals surface area contributed by atoms with Gasteiger partial charge in [0.1, 0.15) is 0 Å². The van der Waals surface area contributed by atoms with Gasteiger partial charge in [-0.05, 0) is 188 Å². The van der Waals surface area contributed by atoms with E-state index >= 15 is 0 Å². The van der Waals surface area contributed by atoms with E-state index in [2.05, 4.69) is 218 Å². The third-order valence-corrected chi connectivity index (χ3v) is 21.4. The summed E-state index contributed by atoms with van der Waals surface area (Å²) >= 11 is 11.7. The zero-order valence-corrected chi connectivity index (χ0v) is 41.5. The van der Waals surface area contributed by atoms with Gasteiger partial charge >= 0.3 is 0 Å². The zero-order valence-electron chi connectivity index (χ0n) is 36.6. The number of benzene rings is 6. The molecule has 15 rings (SSSR count). The minimum Gasteiger partial charge on any atom is -0.140 e. The average molecular weight is 977 g/mol. The Labute approximate surface area is 419 Å². The fraction of sp³-hybridized carbons (Fsp3) is 0.0645. The molecule has 68 heavy (non-hydrogen) atoms. The lowest BCUT2D eigenvalue weighted by atomic mass is 9.75. The summed E-state index contributed by atoms with van der Waals surface area (Å²) in [6.07, 6.45) is 15.9. The Hall–Kier alpha value is -6.22. The number of hydrogen-bond donors (Lipinski definition) is 0. The van der Waals surface area contributed by atoms with E-state index < -0.39 is 10.8 Å². The Balaban J connectivity index is 1.05. The molecule has 3 aliphatic rings. The quantitative estimate of drug-likeness (QED) is 0.154.